The van der Waals surface area contributed by atoms with Gasteiger partial charge in [-0.1, -0.05) is 41.9 Å². The third-order valence-corrected chi connectivity index (χ3v) is 5.00. The smallest absolute Gasteiger partial charge is 0.307 e. The van der Waals surface area contributed by atoms with Crippen LogP contribution in [0.5, 0.6) is 0 Å². The van der Waals surface area contributed by atoms with E-state index in [1.165, 1.54) is 7.11 Å². The molecule has 0 aliphatic heterocycles. The van der Waals surface area contributed by atoms with E-state index in [-0.39, 0.29) is 24.8 Å². The van der Waals surface area contributed by atoms with Gasteiger partial charge in [0.25, 0.3) is 5.91 Å². The normalized spacial score (nSPS) is 10.8. The number of carbonyl (C=O) groups excluding carboxylic acids is 2. The van der Waals surface area contributed by atoms with Gasteiger partial charge >= 0.3 is 5.97 Å². The molecule has 0 aliphatic carbocycles. The zero-order chi connectivity index (χ0) is 21.5. The van der Waals surface area contributed by atoms with E-state index in [4.69, 9.17) is 26.1 Å². The number of hydrogen-bond acceptors (Lipinski definition) is 5. The van der Waals surface area contributed by atoms with Gasteiger partial charge in [0, 0.05) is 36.2 Å². The first-order valence-electron chi connectivity index (χ1n) is 9.54. The minimum absolute atomic E-state index is 0.110. The van der Waals surface area contributed by atoms with Crippen LogP contribution in [-0.2, 0) is 14.3 Å². The second-order valence-electron chi connectivity index (χ2n) is 6.69. The lowest BCUT2D eigenvalue weighted by molar-refractivity contribution is -0.140. The lowest BCUT2D eigenvalue weighted by atomic mass is 10.0. The van der Waals surface area contributed by atoms with Gasteiger partial charge in [-0.15, -0.1) is 0 Å². The summed E-state index contributed by atoms with van der Waals surface area (Å²) in [6, 6.07) is 16.6. The molecule has 0 aliphatic rings. The van der Waals surface area contributed by atoms with Crippen LogP contribution in [-0.4, -0.2) is 55.7 Å². The third-order valence-electron chi connectivity index (χ3n) is 4.75. The largest absolute Gasteiger partial charge is 0.469 e. The van der Waals surface area contributed by atoms with Crippen molar-refractivity contribution in [1.82, 2.24) is 9.88 Å². The Labute approximate surface area is 180 Å². The Balaban J connectivity index is 2.03. The molecule has 0 atom stereocenters. The molecule has 0 saturated heterocycles. The molecular formula is C23H23ClN2O4. The number of hydrogen-bond donors (Lipinski definition) is 0. The van der Waals surface area contributed by atoms with Crippen LogP contribution in [0.1, 0.15) is 16.8 Å². The van der Waals surface area contributed by atoms with Gasteiger partial charge in [0.1, 0.15) is 0 Å². The Hall–Kier alpha value is -2.96. The number of pyridine rings is 1. The molecule has 0 N–H and O–H groups in total. The number of aromatic nitrogens is 1. The molecule has 0 fully saturated rings. The second-order valence-corrected chi connectivity index (χ2v) is 7.13. The van der Waals surface area contributed by atoms with Crippen molar-refractivity contribution in [1.29, 1.82) is 0 Å². The summed E-state index contributed by atoms with van der Waals surface area (Å²) in [6.07, 6.45) is 0.110. The summed E-state index contributed by atoms with van der Waals surface area (Å²) in [5.74, 6) is -0.559. The predicted molar refractivity (Wildman–Crippen MR) is 117 cm³/mol. The van der Waals surface area contributed by atoms with E-state index in [9.17, 15) is 9.59 Å². The molecule has 0 saturated carbocycles. The van der Waals surface area contributed by atoms with Crippen LogP contribution in [0.3, 0.4) is 0 Å². The first kappa shape index (κ1) is 21.7. The van der Waals surface area contributed by atoms with Gasteiger partial charge in [-0.3, -0.25) is 9.59 Å². The first-order valence-corrected chi connectivity index (χ1v) is 9.92. The lowest BCUT2D eigenvalue weighted by Crippen LogP contribution is -2.36. The Morgan fingerprint density at radius 3 is 2.47 bits per heavy atom. The van der Waals surface area contributed by atoms with Crippen LogP contribution in [0.25, 0.3) is 22.2 Å². The number of nitrogens with zero attached hydrogens (tertiary/aromatic N) is 2. The fraction of sp³-hybridized carbons (Fsp3) is 0.261. The molecule has 1 aromatic heterocycles. The van der Waals surface area contributed by atoms with Crippen molar-refractivity contribution >= 4 is 34.4 Å². The topological polar surface area (TPSA) is 68.7 Å². The van der Waals surface area contributed by atoms with Crippen molar-refractivity contribution in [2.45, 2.75) is 6.42 Å². The SMILES string of the molecule is COCCN(CCC(=O)OC)C(=O)c1cc(-c2ccc(Cl)cc2)nc2ccccc12. The van der Waals surface area contributed by atoms with Gasteiger partial charge in [0.05, 0.1) is 36.9 Å². The average molecular weight is 427 g/mol. The number of para-hydroxylation sites is 1. The molecule has 2 aromatic carbocycles. The van der Waals surface area contributed by atoms with Crippen molar-refractivity contribution < 1.29 is 19.1 Å². The van der Waals surface area contributed by atoms with Gasteiger partial charge < -0.3 is 14.4 Å². The summed E-state index contributed by atoms with van der Waals surface area (Å²) in [4.78, 5) is 31.4. The highest BCUT2D eigenvalue weighted by Crippen LogP contribution is 2.27. The number of amides is 1. The van der Waals surface area contributed by atoms with E-state index in [1.54, 1.807) is 30.2 Å². The van der Waals surface area contributed by atoms with Crippen molar-refractivity contribution in [2.24, 2.45) is 0 Å². The van der Waals surface area contributed by atoms with E-state index in [2.05, 4.69) is 0 Å². The predicted octanol–water partition coefficient (Wildman–Crippen LogP) is 4.21. The minimum atomic E-state index is -0.369. The van der Waals surface area contributed by atoms with Crippen molar-refractivity contribution in [3.8, 4) is 11.3 Å². The number of esters is 1. The highest BCUT2D eigenvalue weighted by atomic mass is 35.5. The molecular weight excluding hydrogens is 404 g/mol. The summed E-state index contributed by atoms with van der Waals surface area (Å²) >= 11 is 6.01. The number of fused-ring (bicyclic) bond motifs is 1. The molecule has 7 heteroatoms. The van der Waals surface area contributed by atoms with Crippen LogP contribution >= 0.6 is 11.6 Å². The molecule has 0 spiro atoms. The van der Waals surface area contributed by atoms with E-state index in [1.807, 2.05) is 36.4 Å². The van der Waals surface area contributed by atoms with Crippen molar-refractivity contribution in [3.63, 3.8) is 0 Å². The summed E-state index contributed by atoms with van der Waals surface area (Å²) in [6.45, 7) is 0.959. The molecule has 0 radical (unpaired) electrons. The summed E-state index contributed by atoms with van der Waals surface area (Å²) in [5.41, 5.74) is 2.77. The Morgan fingerprint density at radius 1 is 1.03 bits per heavy atom. The molecule has 1 heterocycles. The number of rotatable bonds is 8. The van der Waals surface area contributed by atoms with Crippen LogP contribution in [0, 0.1) is 0 Å². The molecule has 156 valence electrons. The van der Waals surface area contributed by atoms with Gasteiger partial charge in [-0.25, -0.2) is 4.98 Å². The highest BCUT2D eigenvalue weighted by Gasteiger charge is 2.21. The maximum absolute atomic E-state index is 13.5. The molecule has 0 unspecified atom stereocenters. The van der Waals surface area contributed by atoms with Crippen LogP contribution in [0.2, 0.25) is 5.02 Å². The van der Waals surface area contributed by atoms with Gasteiger partial charge in [-0.05, 0) is 24.3 Å². The zero-order valence-corrected chi connectivity index (χ0v) is 17.7. The average Bonchev–Trinajstić information content (AvgIpc) is 2.78. The number of carbonyl (C=O) groups is 2. The number of benzene rings is 2. The van der Waals surface area contributed by atoms with E-state index in [0.29, 0.717) is 34.9 Å². The van der Waals surface area contributed by atoms with E-state index < -0.39 is 0 Å². The Morgan fingerprint density at radius 2 is 1.77 bits per heavy atom. The van der Waals surface area contributed by atoms with Gasteiger partial charge in [0.2, 0.25) is 0 Å². The monoisotopic (exact) mass is 426 g/mol. The third kappa shape index (κ3) is 5.14. The summed E-state index contributed by atoms with van der Waals surface area (Å²) in [5, 5.41) is 1.38. The van der Waals surface area contributed by atoms with Crippen molar-refractivity contribution in [3.05, 3.63) is 65.2 Å². The first-order chi connectivity index (χ1) is 14.5. The molecule has 3 aromatic rings. The number of methoxy groups -OCH3 is 2. The highest BCUT2D eigenvalue weighted by molar-refractivity contribution is 6.30. The Bertz CT molecular complexity index is 1040. The minimum Gasteiger partial charge on any atom is -0.469 e. The van der Waals surface area contributed by atoms with Crippen molar-refractivity contribution in [2.75, 3.05) is 33.9 Å². The standard InChI is InChI=1S/C23H23ClN2O4/c1-29-14-13-26(12-11-22(27)30-2)23(28)19-15-21(16-7-9-17(24)10-8-16)25-20-6-4-3-5-18(19)20/h3-10,15H,11-14H2,1-2H3. The van der Waals surface area contributed by atoms with Crippen LogP contribution < -0.4 is 0 Å². The van der Waals surface area contributed by atoms with E-state index in [0.717, 1.165) is 10.9 Å². The molecule has 30 heavy (non-hydrogen) atoms. The van der Waals surface area contributed by atoms with Gasteiger partial charge in [-0.2, -0.15) is 0 Å². The Kier molecular flexibility index (Phi) is 7.38. The zero-order valence-electron chi connectivity index (χ0n) is 16.9. The fourth-order valence-corrected chi connectivity index (χ4v) is 3.26. The van der Waals surface area contributed by atoms with E-state index >= 15 is 0 Å². The molecule has 0 bridgehead atoms. The van der Waals surface area contributed by atoms with Crippen LogP contribution in [0.4, 0.5) is 0 Å². The maximum atomic E-state index is 13.5. The number of halogens is 1. The van der Waals surface area contributed by atoms with Gasteiger partial charge in [0.15, 0.2) is 0 Å². The summed E-state index contributed by atoms with van der Waals surface area (Å²) in [7, 11) is 2.90. The summed E-state index contributed by atoms with van der Waals surface area (Å²) < 4.78 is 9.87. The van der Waals surface area contributed by atoms with Crippen LogP contribution in [0.15, 0.2) is 54.6 Å². The lowest BCUT2D eigenvalue weighted by Gasteiger charge is -2.23. The maximum Gasteiger partial charge on any atom is 0.307 e. The molecule has 1 amide bonds. The second kappa shape index (κ2) is 10.2. The molecule has 6 nitrogen and oxygen atoms in total. The molecule has 3 rings (SSSR count). The quantitative estimate of drug-likeness (QED) is 0.505. The fourth-order valence-electron chi connectivity index (χ4n) is 3.14. The number of ether oxygens (including phenoxy) is 2.